The molecule has 0 aliphatic carbocycles. The normalized spacial score (nSPS) is 15.7. The molecule has 0 aromatic carbocycles. The Morgan fingerprint density at radius 2 is 2.00 bits per heavy atom. The highest BCUT2D eigenvalue weighted by Gasteiger charge is 2.25. The van der Waals surface area contributed by atoms with Crippen LogP contribution >= 0.6 is 0 Å². The first-order valence-electron chi connectivity index (χ1n) is 7.02. The summed E-state index contributed by atoms with van der Waals surface area (Å²) in [4.78, 5) is 0. The second kappa shape index (κ2) is 6.32. The monoisotopic (exact) mass is 253 g/mol. The van der Waals surface area contributed by atoms with Gasteiger partial charge in [0.25, 0.3) is 0 Å². The molecule has 0 saturated heterocycles. The van der Waals surface area contributed by atoms with Gasteiger partial charge >= 0.3 is 0 Å². The molecule has 1 rings (SSSR count). The molecule has 0 saturated carbocycles. The standard InChI is InChI=1S/C14H27N3O/c1-6-8-11(7-2)13-12(15-17-16-13)10(3)9-14(4,5)18/h10-11,18H,6-9H2,1-5H3,(H,15,16,17). The quantitative estimate of drug-likeness (QED) is 0.783. The maximum Gasteiger partial charge on any atom is 0.0888 e. The first kappa shape index (κ1) is 15.2. The largest absolute Gasteiger partial charge is 0.390 e. The summed E-state index contributed by atoms with van der Waals surface area (Å²) in [6.45, 7) is 10.2. The molecule has 0 spiro atoms. The highest BCUT2D eigenvalue weighted by atomic mass is 16.3. The van der Waals surface area contributed by atoms with E-state index in [2.05, 4.69) is 36.2 Å². The van der Waals surface area contributed by atoms with E-state index in [4.69, 9.17) is 0 Å². The Labute approximate surface area is 110 Å². The summed E-state index contributed by atoms with van der Waals surface area (Å²) in [7, 11) is 0. The minimum atomic E-state index is -0.665. The predicted octanol–water partition coefficient (Wildman–Crippen LogP) is 3.36. The Kier molecular flexibility index (Phi) is 5.32. The molecule has 2 unspecified atom stereocenters. The first-order valence-corrected chi connectivity index (χ1v) is 7.02. The number of aliphatic hydroxyl groups is 1. The molecule has 18 heavy (non-hydrogen) atoms. The third kappa shape index (κ3) is 4.09. The van der Waals surface area contributed by atoms with Gasteiger partial charge in [-0.1, -0.05) is 32.4 Å². The van der Waals surface area contributed by atoms with Crippen LogP contribution in [0.15, 0.2) is 0 Å². The zero-order valence-electron chi connectivity index (χ0n) is 12.3. The van der Waals surface area contributed by atoms with Crippen LogP contribution in [-0.2, 0) is 0 Å². The lowest BCUT2D eigenvalue weighted by atomic mass is 9.87. The van der Waals surface area contributed by atoms with E-state index in [9.17, 15) is 5.11 Å². The zero-order chi connectivity index (χ0) is 13.8. The fraction of sp³-hybridized carbons (Fsp3) is 0.857. The van der Waals surface area contributed by atoms with Gasteiger partial charge in [-0.15, -0.1) is 5.10 Å². The number of nitrogens with one attached hydrogen (secondary N) is 1. The van der Waals surface area contributed by atoms with Gasteiger partial charge in [-0.05, 0) is 33.1 Å². The van der Waals surface area contributed by atoms with Crippen molar-refractivity contribution in [1.29, 1.82) is 0 Å². The second-order valence-electron chi connectivity index (χ2n) is 5.92. The van der Waals surface area contributed by atoms with Crippen LogP contribution in [0.25, 0.3) is 0 Å². The van der Waals surface area contributed by atoms with Crippen molar-refractivity contribution >= 4 is 0 Å². The molecule has 2 N–H and O–H groups in total. The Morgan fingerprint density at radius 1 is 1.33 bits per heavy atom. The molecule has 0 fully saturated rings. The van der Waals surface area contributed by atoms with E-state index in [1.807, 2.05) is 13.8 Å². The van der Waals surface area contributed by atoms with E-state index in [0.717, 1.165) is 30.7 Å². The Hall–Kier alpha value is -0.900. The van der Waals surface area contributed by atoms with Crippen molar-refractivity contribution in [2.75, 3.05) is 0 Å². The highest BCUT2D eigenvalue weighted by molar-refractivity contribution is 5.18. The van der Waals surface area contributed by atoms with Crippen molar-refractivity contribution in [2.45, 2.75) is 77.7 Å². The predicted molar refractivity (Wildman–Crippen MR) is 73.7 cm³/mol. The lowest BCUT2D eigenvalue weighted by molar-refractivity contribution is 0.0642. The number of H-pyrrole nitrogens is 1. The number of nitrogens with zero attached hydrogens (tertiary/aromatic N) is 2. The van der Waals surface area contributed by atoms with E-state index >= 15 is 0 Å². The third-order valence-corrected chi connectivity index (χ3v) is 3.41. The van der Waals surface area contributed by atoms with Crippen molar-refractivity contribution in [3.05, 3.63) is 11.4 Å². The maximum atomic E-state index is 9.92. The Morgan fingerprint density at radius 3 is 2.50 bits per heavy atom. The number of hydrogen-bond acceptors (Lipinski definition) is 3. The summed E-state index contributed by atoms with van der Waals surface area (Å²) >= 11 is 0. The van der Waals surface area contributed by atoms with Crippen LogP contribution in [0.3, 0.4) is 0 Å². The van der Waals surface area contributed by atoms with Crippen LogP contribution < -0.4 is 0 Å². The number of aromatic amines is 1. The van der Waals surface area contributed by atoms with Crippen LogP contribution in [0.1, 0.15) is 83.5 Å². The Balaban J connectivity index is 2.87. The van der Waals surface area contributed by atoms with Gasteiger partial charge in [-0.3, -0.25) is 5.10 Å². The number of rotatable bonds is 7. The molecule has 2 atom stereocenters. The number of hydrogen-bond donors (Lipinski definition) is 2. The van der Waals surface area contributed by atoms with Gasteiger partial charge in [0, 0.05) is 11.8 Å². The van der Waals surface area contributed by atoms with Crippen molar-refractivity contribution in [3.63, 3.8) is 0 Å². The summed E-state index contributed by atoms with van der Waals surface area (Å²) in [5.74, 6) is 0.730. The van der Waals surface area contributed by atoms with E-state index < -0.39 is 5.60 Å². The molecule has 1 aromatic rings. The van der Waals surface area contributed by atoms with Crippen LogP contribution in [0, 0.1) is 0 Å². The van der Waals surface area contributed by atoms with Gasteiger partial charge < -0.3 is 5.11 Å². The van der Waals surface area contributed by atoms with E-state index in [-0.39, 0.29) is 5.92 Å². The van der Waals surface area contributed by atoms with Gasteiger partial charge in [0.05, 0.1) is 17.0 Å². The molecule has 0 aliphatic heterocycles. The first-order chi connectivity index (χ1) is 8.39. The SMILES string of the molecule is CCCC(CC)c1[nH]nnc1C(C)CC(C)(C)O. The smallest absolute Gasteiger partial charge is 0.0888 e. The average Bonchev–Trinajstić information content (AvgIpc) is 2.72. The average molecular weight is 253 g/mol. The van der Waals surface area contributed by atoms with Crippen molar-refractivity contribution < 1.29 is 5.11 Å². The van der Waals surface area contributed by atoms with Gasteiger partial charge in [0.15, 0.2) is 0 Å². The third-order valence-electron chi connectivity index (χ3n) is 3.41. The molecule has 0 bridgehead atoms. The number of aromatic nitrogens is 3. The molecule has 0 radical (unpaired) electrons. The fourth-order valence-electron chi connectivity index (χ4n) is 2.66. The highest BCUT2D eigenvalue weighted by Crippen LogP contribution is 2.32. The van der Waals surface area contributed by atoms with Crippen molar-refractivity contribution in [1.82, 2.24) is 15.4 Å². The van der Waals surface area contributed by atoms with Crippen LogP contribution in [0.2, 0.25) is 0 Å². The Bertz CT molecular complexity index is 354. The summed E-state index contributed by atoms with van der Waals surface area (Å²) in [6.07, 6.45) is 4.12. The fourth-order valence-corrected chi connectivity index (χ4v) is 2.66. The maximum absolute atomic E-state index is 9.92. The minimum Gasteiger partial charge on any atom is -0.390 e. The summed E-state index contributed by atoms with van der Waals surface area (Å²) in [6, 6.07) is 0. The van der Waals surface area contributed by atoms with E-state index in [0.29, 0.717) is 12.3 Å². The van der Waals surface area contributed by atoms with Crippen LogP contribution in [-0.4, -0.2) is 26.1 Å². The molecule has 1 heterocycles. The van der Waals surface area contributed by atoms with Crippen LogP contribution in [0.5, 0.6) is 0 Å². The van der Waals surface area contributed by atoms with Gasteiger partial charge in [-0.2, -0.15) is 0 Å². The lowest BCUT2D eigenvalue weighted by Crippen LogP contribution is -2.22. The zero-order valence-corrected chi connectivity index (χ0v) is 12.3. The summed E-state index contributed by atoms with van der Waals surface area (Å²) in [5.41, 5.74) is 1.52. The summed E-state index contributed by atoms with van der Waals surface area (Å²) < 4.78 is 0. The molecular weight excluding hydrogens is 226 g/mol. The van der Waals surface area contributed by atoms with Gasteiger partial charge in [0.2, 0.25) is 0 Å². The van der Waals surface area contributed by atoms with Crippen molar-refractivity contribution in [3.8, 4) is 0 Å². The molecular formula is C14H27N3O. The summed E-state index contributed by atoms with van der Waals surface area (Å²) in [5, 5.41) is 21.2. The molecule has 4 nitrogen and oxygen atoms in total. The molecule has 0 amide bonds. The molecule has 104 valence electrons. The second-order valence-corrected chi connectivity index (χ2v) is 5.92. The minimum absolute atomic E-state index is 0.227. The van der Waals surface area contributed by atoms with E-state index in [1.54, 1.807) is 0 Å². The molecule has 0 aliphatic rings. The van der Waals surface area contributed by atoms with Crippen molar-refractivity contribution in [2.24, 2.45) is 0 Å². The van der Waals surface area contributed by atoms with Gasteiger partial charge in [-0.25, -0.2) is 0 Å². The van der Waals surface area contributed by atoms with E-state index in [1.165, 1.54) is 0 Å². The topological polar surface area (TPSA) is 61.8 Å². The molecule has 4 heteroatoms. The lowest BCUT2D eigenvalue weighted by Gasteiger charge is -2.22. The van der Waals surface area contributed by atoms with Gasteiger partial charge in [0.1, 0.15) is 0 Å². The van der Waals surface area contributed by atoms with Crippen LogP contribution in [0.4, 0.5) is 0 Å². The molecule has 1 aromatic heterocycles.